The van der Waals surface area contributed by atoms with Crippen molar-refractivity contribution in [2.45, 2.75) is 19.1 Å². The van der Waals surface area contributed by atoms with Crippen LogP contribution >= 0.6 is 23.2 Å². The molecule has 0 aliphatic carbocycles. The fraction of sp³-hybridized carbons (Fsp3) is 0.208. The monoisotopic (exact) mass is 477 g/mol. The lowest BCUT2D eigenvalue weighted by atomic mass is 9.97. The Morgan fingerprint density at radius 3 is 2.28 bits per heavy atom. The third-order valence-corrected chi connectivity index (χ3v) is 5.73. The smallest absolute Gasteiger partial charge is 0.307 e. The van der Waals surface area contributed by atoms with E-state index in [0.29, 0.717) is 22.7 Å². The summed E-state index contributed by atoms with van der Waals surface area (Å²) in [6, 6.07) is 12.7. The van der Waals surface area contributed by atoms with Crippen LogP contribution < -0.4 is 9.47 Å². The quantitative estimate of drug-likeness (QED) is 0.425. The lowest BCUT2D eigenvalue weighted by Crippen LogP contribution is -2.37. The van der Waals surface area contributed by atoms with E-state index >= 15 is 0 Å². The Hall–Kier alpha value is -2.83. The van der Waals surface area contributed by atoms with Gasteiger partial charge in [0.25, 0.3) is 5.91 Å². The number of rotatable bonds is 5. The highest BCUT2D eigenvalue weighted by Gasteiger charge is 2.47. The van der Waals surface area contributed by atoms with Crippen molar-refractivity contribution >= 4 is 29.1 Å². The van der Waals surface area contributed by atoms with Crippen molar-refractivity contribution in [3.8, 4) is 11.5 Å². The second kappa shape index (κ2) is 8.60. The van der Waals surface area contributed by atoms with Crippen molar-refractivity contribution in [3.05, 3.63) is 93.0 Å². The van der Waals surface area contributed by atoms with Gasteiger partial charge in [-0.05, 0) is 55.0 Å². The van der Waals surface area contributed by atoms with E-state index in [1.807, 2.05) is 6.92 Å². The normalized spacial score (nSPS) is 16.8. The molecule has 4 rings (SSSR count). The first-order valence-corrected chi connectivity index (χ1v) is 10.7. The van der Waals surface area contributed by atoms with Crippen LogP contribution in [0.25, 0.3) is 0 Å². The average Bonchev–Trinajstić information content (AvgIpc) is 3.12. The van der Waals surface area contributed by atoms with Crippen LogP contribution in [0.4, 0.5) is 8.78 Å². The molecular weight excluding hydrogens is 459 g/mol. The Bertz CT molecular complexity index is 1190. The third-order valence-electron chi connectivity index (χ3n) is 5.19. The van der Waals surface area contributed by atoms with Crippen LogP contribution in [0.1, 0.15) is 34.8 Å². The van der Waals surface area contributed by atoms with E-state index in [1.54, 1.807) is 19.2 Å². The van der Waals surface area contributed by atoms with Crippen molar-refractivity contribution in [1.82, 2.24) is 4.90 Å². The van der Waals surface area contributed by atoms with Crippen molar-refractivity contribution < 1.29 is 23.0 Å². The number of hydrogen-bond acceptors (Lipinski definition) is 3. The minimum atomic E-state index is -1.62. The van der Waals surface area contributed by atoms with Crippen molar-refractivity contribution in [1.29, 1.82) is 0 Å². The molecule has 3 aromatic carbocycles. The molecule has 1 unspecified atom stereocenters. The lowest BCUT2D eigenvalue weighted by Gasteiger charge is -2.29. The molecule has 1 atom stereocenters. The predicted molar refractivity (Wildman–Crippen MR) is 119 cm³/mol. The molecule has 0 saturated heterocycles. The Morgan fingerprint density at radius 1 is 1.00 bits per heavy atom. The second-order valence-corrected chi connectivity index (χ2v) is 8.30. The van der Waals surface area contributed by atoms with E-state index in [-0.39, 0.29) is 22.1 Å². The first-order valence-electron chi connectivity index (χ1n) is 9.93. The summed E-state index contributed by atoms with van der Waals surface area (Å²) in [5.74, 6) is -3.03. The summed E-state index contributed by atoms with van der Waals surface area (Å²) in [6.07, 6.45) is 0.733. The van der Waals surface area contributed by atoms with Gasteiger partial charge >= 0.3 is 5.79 Å². The first kappa shape index (κ1) is 22.4. The van der Waals surface area contributed by atoms with E-state index in [0.717, 1.165) is 12.5 Å². The third kappa shape index (κ3) is 3.89. The van der Waals surface area contributed by atoms with E-state index in [9.17, 15) is 13.6 Å². The molecule has 1 amide bonds. The molecule has 0 bridgehead atoms. The molecule has 8 heteroatoms. The van der Waals surface area contributed by atoms with Gasteiger partial charge in [-0.2, -0.15) is 0 Å². The van der Waals surface area contributed by atoms with Gasteiger partial charge < -0.3 is 14.4 Å². The van der Waals surface area contributed by atoms with E-state index in [1.165, 1.54) is 41.3 Å². The molecule has 0 radical (unpaired) electrons. The molecule has 0 fully saturated rings. The van der Waals surface area contributed by atoms with Crippen LogP contribution in [0.2, 0.25) is 10.0 Å². The van der Waals surface area contributed by atoms with E-state index in [2.05, 4.69) is 0 Å². The maximum atomic E-state index is 14.9. The van der Waals surface area contributed by atoms with Gasteiger partial charge in [-0.1, -0.05) is 30.1 Å². The Balaban J connectivity index is 1.84. The number of fused-ring (bicyclic) bond motifs is 1. The predicted octanol–water partition coefficient (Wildman–Crippen LogP) is 6.43. The fourth-order valence-electron chi connectivity index (χ4n) is 3.64. The molecule has 3 aromatic rings. The van der Waals surface area contributed by atoms with Crippen LogP contribution in [-0.2, 0) is 5.79 Å². The van der Waals surface area contributed by atoms with E-state index in [4.69, 9.17) is 32.7 Å². The largest absolute Gasteiger partial charge is 0.440 e. The van der Waals surface area contributed by atoms with Crippen LogP contribution in [-0.4, -0.2) is 24.4 Å². The van der Waals surface area contributed by atoms with Crippen LogP contribution in [0, 0.1) is 11.6 Å². The maximum absolute atomic E-state index is 14.9. The highest BCUT2D eigenvalue weighted by atomic mass is 35.5. The number of benzene rings is 3. The Labute approximate surface area is 194 Å². The van der Waals surface area contributed by atoms with Gasteiger partial charge in [-0.3, -0.25) is 4.79 Å². The fourth-order valence-corrected chi connectivity index (χ4v) is 4.17. The molecule has 1 aliphatic heterocycles. The summed E-state index contributed by atoms with van der Waals surface area (Å²) < 4.78 is 40.8. The van der Waals surface area contributed by atoms with Gasteiger partial charge in [0, 0.05) is 30.2 Å². The van der Waals surface area contributed by atoms with Gasteiger partial charge in [-0.15, -0.1) is 0 Å². The number of hydrogen-bond donors (Lipinski definition) is 0. The molecule has 1 aliphatic rings. The number of amides is 1. The zero-order valence-corrected chi connectivity index (χ0v) is 18.8. The summed E-state index contributed by atoms with van der Waals surface area (Å²) in [5, 5.41) is 0.649. The van der Waals surface area contributed by atoms with Crippen molar-refractivity contribution in [2.75, 3.05) is 13.6 Å². The van der Waals surface area contributed by atoms with Gasteiger partial charge in [0.05, 0.1) is 16.1 Å². The summed E-state index contributed by atoms with van der Waals surface area (Å²) in [6.45, 7) is 2.40. The first-order chi connectivity index (χ1) is 15.2. The zero-order valence-electron chi connectivity index (χ0n) is 17.3. The lowest BCUT2D eigenvalue weighted by molar-refractivity contribution is -0.0459. The topological polar surface area (TPSA) is 38.8 Å². The Morgan fingerprint density at radius 2 is 1.66 bits per heavy atom. The Kier molecular flexibility index (Phi) is 6.01. The van der Waals surface area contributed by atoms with Crippen LogP contribution in [0.5, 0.6) is 11.5 Å². The minimum absolute atomic E-state index is 0.0903. The van der Waals surface area contributed by atoms with Crippen molar-refractivity contribution in [2.24, 2.45) is 0 Å². The molecular formula is C24H19Cl2F2NO3. The van der Waals surface area contributed by atoms with Crippen LogP contribution in [0.15, 0.2) is 54.6 Å². The summed E-state index contributed by atoms with van der Waals surface area (Å²) >= 11 is 12.5. The number of carbonyl (C=O) groups excluding carboxylic acids is 1. The number of nitrogens with zero attached hydrogens (tertiary/aromatic N) is 1. The van der Waals surface area contributed by atoms with E-state index < -0.39 is 23.3 Å². The second-order valence-electron chi connectivity index (χ2n) is 7.46. The molecule has 1 heterocycles. The summed E-state index contributed by atoms with van der Waals surface area (Å²) in [5.41, 5.74) is 0.680. The molecule has 0 N–H and O–H groups in total. The van der Waals surface area contributed by atoms with Crippen molar-refractivity contribution in [3.63, 3.8) is 0 Å². The van der Waals surface area contributed by atoms with Gasteiger partial charge in [0.2, 0.25) is 0 Å². The standard InChI is InChI=1S/C24H19Cl2F2NO3/c1-3-10-29(2)23(30)17-12-21-22(13-20(17)28)32-24(31-21,14-4-7-16(27)8-5-14)18-9-6-15(25)11-19(18)26/h4-9,11-13H,3,10H2,1-2H3. The number of halogens is 4. The highest BCUT2D eigenvalue weighted by molar-refractivity contribution is 6.35. The highest BCUT2D eigenvalue weighted by Crippen LogP contribution is 2.50. The summed E-state index contributed by atoms with van der Waals surface area (Å²) in [4.78, 5) is 14.1. The molecule has 0 spiro atoms. The molecule has 0 aromatic heterocycles. The average molecular weight is 478 g/mol. The number of ether oxygens (including phenoxy) is 2. The molecule has 32 heavy (non-hydrogen) atoms. The van der Waals surface area contributed by atoms with Crippen LogP contribution in [0.3, 0.4) is 0 Å². The van der Waals surface area contributed by atoms with Gasteiger partial charge in [-0.25, -0.2) is 8.78 Å². The molecule has 0 saturated carbocycles. The SMILES string of the molecule is CCCN(C)C(=O)c1cc2c(cc1F)OC(c1ccc(F)cc1)(c1ccc(Cl)cc1Cl)O2. The summed E-state index contributed by atoms with van der Waals surface area (Å²) in [7, 11) is 1.60. The van der Waals surface area contributed by atoms with Gasteiger partial charge in [0.15, 0.2) is 11.5 Å². The minimum Gasteiger partial charge on any atom is -0.440 e. The van der Waals surface area contributed by atoms with Gasteiger partial charge in [0.1, 0.15) is 11.6 Å². The maximum Gasteiger partial charge on any atom is 0.307 e. The molecule has 4 nitrogen and oxygen atoms in total. The number of carbonyl (C=O) groups is 1. The zero-order chi connectivity index (χ0) is 23.0. The molecule has 166 valence electrons.